The summed E-state index contributed by atoms with van der Waals surface area (Å²) < 4.78 is 1.06. The summed E-state index contributed by atoms with van der Waals surface area (Å²) in [6, 6.07) is 6.01. The van der Waals surface area contributed by atoms with Crippen molar-refractivity contribution in [2.75, 3.05) is 0 Å². The van der Waals surface area contributed by atoms with Crippen molar-refractivity contribution in [3.8, 4) is 0 Å². The highest BCUT2D eigenvalue weighted by molar-refractivity contribution is 9.10. The average Bonchev–Trinajstić information content (AvgIpc) is 2.45. The second kappa shape index (κ2) is 10.6. The summed E-state index contributed by atoms with van der Waals surface area (Å²) in [5, 5.41) is 0.753. The van der Waals surface area contributed by atoms with Gasteiger partial charge in [-0.15, -0.1) is 0 Å². The Morgan fingerprint density at radius 3 is 2.45 bits per heavy atom. The first-order valence-corrected chi connectivity index (χ1v) is 8.77. The molecule has 114 valence electrons. The van der Waals surface area contributed by atoms with Gasteiger partial charge in [0.2, 0.25) is 0 Å². The van der Waals surface area contributed by atoms with Crippen LogP contribution < -0.4 is 11.3 Å². The molecule has 4 heteroatoms. The number of nitrogens with one attached hydrogen (secondary N) is 1. The Morgan fingerprint density at radius 2 is 1.80 bits per heavy atom. The Bertz CT molecular complexity index is 385. The zero-order valence-electron chi connectivity index (χ0n) is 12.3. The lowest BCUT2D eigenvalue weighted by Crippen LogP contribution is -2.28. The van der Waals surface area contributed by atoms with Crippen LogP contribution in [-0.4, -0.2) is 0 Å². The number of hydrazine groups is 1. The highest BCUT2D eigenvalue weighted by Gasteiger charge is 2.13. The number of hydrogen-bond donors (Lipinski definition) is 2. The lowest BCUT2D eigenvalue weighted by atomic mass is 10.00. The molecule has 2 nitrogen and oxygen atoms in total. The molecule has 0 radical (unpaired) electrons. The van der Waals surface area contributed by atoms with Crippen molar-refractivity contribution in [1.29, 1.82) is 0 Å². The fourth-order valence-electron chi connectivity index (χ4n) is 2.42. The maximum Gasteiger partial charge on any atom is 0.0471 e. The molecule has 0 aliphatic carbocycles. The molecule has 0 fully saturated rings. The highest BCUT2D eigenvalue weighted by atomic mass is 79.9. The molecule has 1 aromatic rings. The Hall–Kier alpha value is -0.0900. The van der Waals surface area contributed by atoms with Crippen molar-refractivity contribution in [3.05, 3.63) is 33.3 Å². The van der Waals surface area contributed by atoms with Gasteiger partial charge in [-0.1, -0.05) is 79.4 Å². The molecule has 1 aromatic carbocycles. The number of rotatable bonds is 10. The number of unbranched alkanes of at least 4 members (excludes halogenated alkanes) is 6. The van der Waals surface area contributed by atoms with Gasteiger partial charge in [0.25, 0.3) is 0 Å². The van der Waals surface area contributed by atoms with Gasteiger partial charge >= 0.3 is 0 Å². The van der Waals surface area contributed by atoms with Crippen molar-refractivity contribution in [2.45, 2.75) is 64.3 Å². The summed E-state index contributed by atoms with van der Waals surface area (Å²) in [6.45, 7) is 2.25. The molecule has 0 heterocycles. The predicted molar refractivity (Wildman–Crippen MR) is 91.8 cm³/mol. The normalized spacial score (nSPS) is 12.6. The minimum absolute atomic E-state index is 0.165. The maximum absolute atomic E-state index is 6.06. The first-order valence-electron chi connectivity index (χ1n) is 7.60. The van der Waals surface area contributed by atoms with E-state index in [1.54, 1.807) is 0 Å². The summed E-state index contributed by atoms with van der Waals surface area (Å²) >= 11 is 9.63. The van der Waals surface area contributed by atoms with Crippen LogP contribution in [0.3, 0.4) is 0 Å². The van der Waals surface area contributed by atoms with Gasteiger partial charge < -0.3 is 0 Å². The molecule has 20 heavy (non-hydrogen) atoms. The lowest BCUT2D eigenvalue weighted by Gasteiger charge is -2.18. The van der Waals surface area contributed by atoms with Gasteiger partial charge in [-0.2, -0.15) is 0 Å². The van der Waals surface area contributed by atoms with Gasteiger partial charge in [-0.3, -0.25) is 11.3 Å². The summed E-state index contributed by atoms with van der Waals surface area (Å²) in [7, 11) is 0. The maximum atomic E-state index is 6.06. The van der Waals surface area contributed by atoms with Gasteiger partial charge in [-0.25, -0.2) is 0 Å². The molecule has 1 atom stereocenters. The number of hydrogen-bond acceptors (Lipinski definition) is 2. The van der Waals surface area contributed by atoms with Crippen LogP contribution in [-0.2, 0) is 0 Å². The van der Waals surface area contributed by atoms with Gasteiger partial charge in [0.05, 0.1) is 0 Å². The molecule has 0 amide bonds. The molecule has 0 bridgehead atoms. The standard InChI is InChI=1S/C16H26BrClN2/c1-2-3-4-5-6-7-8-9-16(20-19)14-12-13(18)10-11-15(14)17/h10-12,16,20H,2-9,19H2,1H3. The first kappa shape index (κ1) is 18.0. The van der Waals surface area contributed by atoms with Crippen molar-refractivity contribution in [3.63, 3.8) is 0 Å². The molecule has 0 saturated carbocycles. The van der Waals surface area contributed by atoms with E-state index < -0.39 is 0 Å². The largest absolute Gasteiger partial charge is 0.271 e. The Labute approximate surface area is 136 Å². The molecule has 0 aromatic heterocycles. The summed E-state index contributed by atoms with van der Waals surface area (Å²) in [5.41, 5.74) is 4.05. The second-order valence-corrected chi connectivity index (χ2v) is 6.59. The van der Waals surface area contributed by atoms with Crippen LogP contribution in [0.5, 0.6) is 0 Å². The molecule has 0 aliphatic rings. The van der Waals surface area contributed by atoms with Crippen LogP contribution in [0.4, 0.5) is 0 Å². The smallest absolute Gasteiger partial charge is 0.0471 e. The van der Waals surface area contributed by atoms with Crippen LogP contribution in [0.2, 0.25) is 5.02 Å². The first-order chi connectivity index (χ1) is 9.69. The lowest BCUT2D eigenvalue weighted by molar-refractivity contribution is 0.474. The van der Waals surface area contributed by atoms with Crippen molar-refractivity contribution in [2.24, 2.45) is 5.84 Å². The summed E-state index contributed by atoms with van der Waals surface area (Å²) in [5.74, 6) is 5.69. The minimum Gasteiger partial charge on any atom is -0.271 e. The van der Waals surface area contributed by atoms with Gasteiger partial charge in [0, 0.05) is 15.5 Å². The second-order valence-electron chi connectivity index (χ2n) is 5.30. The minimum atomic E-state index is 0.165. The fraction of sp³-hybridized carbons (Fsp3) is 0.625. The van der Waals surface area contributed by atoms with Crippen molar-refractivity contribution in [1.82, 2.24) is 5.43 Å². The van der Waals surface area contributed by atoms with E-state index in [1.165, 1.54) is 44.9 Å². The predicted octanol–water partition coefficient (Wildman–Crippen LogP) is 5.75. The van der Waals surface area contributed by atoms with Gasteiger partial charge in [0.1, 0.15) is 0 Å². The van der Waals surface area contributed by atoms with E-state index in [9.17, 15) is 0 Å². The monoisotopic (exact) mass is 360 g/mol. The number of halogens is 2. The van der Waals surface area contributed by atoms with E-state index in [4.69, 9.17) is 17.4 Å². The summed E-state index contributed by atoms with van der Waals surface area (Å²) in [4.78, 5) is 0. The van der Waals surface area contributed by atoms with Crippen molar-refractivity contribution >= 4 is 27.5 Å². The molecule has 0 spiro atoms. The van der Waals surface area contributed by atoms with E-state index in [1.807, 2.05) is 18.2 Å². The molecule has 0 aliphatic heterocycles. The van der Waals surface area contributed by atoms with Crippen LogP contribution in [0.15, 0.2) is 22.7 Å². The fourth-order valence-corrected chi connectivity index (χ4v) is 3.12. The van der Waals surface area contributed by atoms with Crippen LogP contribution in [0.25, 0.3) is 0 Å². The SMILES string of the molecule is CCCCCCCCCC(NN)c1cc(Cl)ccc1Br. The molecule has 1 unspecified atom stereocenters. The Kier molecular flexibility index (Phi) is 9.53. The van der Waals surface area contributed by atoms with E-state index >= 15 is 0 Å². The zero-order valence-corrected chi connectivity index (χ0v) is 14.6. The number of benzene rings is 1. The van der Waals surface area contributed by atoms with E-state index in [0.29, 0.717) is 0 Å². The third kappa shape index (κ3) is 6.57. The van der Waals surface area contributed by atoms with Gasteiger partial charge in [0.15, 0.2) is 0 Å². The zero-order chi connectivity index (χ0) is 14.8. The van der Waals surface area contributed by atoms with Crippen LogP contribution >= 0.6 is 27.5 Å². The summed E-state index contributed by atoms with van der Waals surface area (Å²) in [6.07, 6.45) is 10.2. The average molecular weight is 362 g/mol. The number of nitrogens with two attached hydrogens (primary N) is 1. The molecule has 0 saturated heterocycles. The quantitative estimate of drug-likeness (QED) is 0.316. The van der Waals surface area contributed by atoms with Crippen LogP contribution in [0.1, 0.15) is 69.9 Å². The van der Waals surface area contributed by atoms with E-state index in [2.05, 4.69) is 28.3 Å². The third-order valence-electron chi connectivity index (χ3n) is 3.63. The van der Waals surface area contributed by atoms with Crippen molar-refractivity contribution < 1.29 is 0 Å². The molecule has 1 rings (SSSR count). The Balaban J connectivity index is 2.34. The van der Waals surface area contributed by atoms with E-state index in [-0.39, 0.29) is 6.04 Å². The highest BCUT2D eigenvalue weighted by Crippen LogP contribution is 2.29. The topological polar surface area (TPSA) is 38.0 Å². The van der Waals surface area contributed by atoms with Gasteiger partial charge in [-0.05, 0) is 30.2 Å². The van der Waals surface area contributed by atoms with Crippen LogP contribution in [0, 0.1) is 0 Å². The third-order valence-corrected chi connectivity index (χ3v) is 4.59. The Morgan fingerprint density at radius 1 is 1.15 bits per heavy atom. The molecular formula is C16H26BrClN2. The molecule has 3 N–H and O–H groups in total. The molecular weight excluding hydrogens is 336 g/mol. The van der Waals surface area contributed by atoms with E-state index in [0.717, 1.165) is 21.5 Å².